The van der Waals surface area contributed by atoms with Gasteiger partial charge in [0.1, 0.15) is 0 Å². The molecule has 7 nitrogen and oxygen atoms in total. The Morgan fingerprint density at radius 1 is 0.929 bits per heavy atom. The summed E-state index contributed by atoms with van der Waals surface area (Å²) in [6.07, 6.45) is 1.72. The van der Waals surface area contributed by atoms with E-state index in [0.717, 1.165) is 36.7 Å². The molecule has 2 aliphatic heterocycles. The number of hydrogen-bond donors (Lipinski definition) is 0. The quantitative estimate of drug-likeness (QED) is 0.794. The van der Waals surface area contributed by atoms with Crippen molar-refractivity contribution in [2.45, 2.75) is 0 Å². The summed E-state index contributed by atoms with van der Waals surface area (Å²) >= 11 is 0. The Morgan fingerprint density at radius 3 is 2.39 bits per heavy atom. The molecule has 2 saturated heterocycles. The Kier molecular flexibility index (Phi) is 5.34. The van der Waals surface area contributed by atoms with E-state index in [4.69, 9.17) is 4.74 Å². The fourth-order valence-corrected chi connectivity index (χ4v) is 3.44. The molecule has 1 amide bonds. The third-order valence-corrected chi connectivity index (χ3v) is 5.06. The highest BCUT2D eigenvalue weighted by atomic mass is 19.2. The number of morpholine rings is 1. The molecule has 0 aliphatic carbocycles. The van der Waals surface area contributed by atoms with Crippen LogP contribution in [0.5, 0.6) is 0 Å². The summed E-state index contributed by atoms with van der Waals surface area (Å²) in [7, 11) is 0. The van der Waals surface area contributed by atoms with E-state index in [9.17, 15) is 13.6 Å². The van der Waals surface area contributed by atoms with Gasteiger partial charge in [0.2, 0.25) is 0 Å². The van der Waals surface area contributed by atoms with Crippen molar-refractivity contribution >= 4 is 17.4 Å². The van der Waals surface area contributed by atoms with E-state index in [1.54, 1.807) is 11.1 Å². The Bertz CT molecular complexity index is 852. The summed E-state index contributed by atoms with van der Waals surface area (Å²) in [5.74, 6) is -1.44. The number of amides is 1. The third-order valence-electron chi connectivity index (χ3n) is 5.06. The zero-order valence-corrected chi connectivity index (χ0v) is 15.4. The van der Waals surface area contributed by atoms with Crippen LogP contribution in [0.4, 0.5) is 20.3 Å². The first-order chi connectivity index (χ1) is 13.6. The SMILES string of the molecule is O=C(c1ccc(F)c(F)c1)N1CCN(c2cnnc(N3CCOCC3)c2)CC1. The number of hydrogen-bond acceptors (Lipinski definition) is 6. The van der Waals surface area contributed by atoms with Gasteiger partial charge in [0.15, 0.2) is 17.5 Å². The van der Waals surface area contributed by atoms with Crippen molar-refractivity contribution in [3.05, 3.63) is 47.7 Å². The van der Waals surface area contributed by atoms with Gasteiger partial charge >= 0.3 is 0 Å². The highest BCUT2D eigenvalue weighted by Gasteiger charge is 2.24. The zero-order chi connectivity index (χ0) is 19.5. The van der Waals surface area contributed by atoms with E-state index in [1.165, 1.54) is 6.07 Å². The van der Waals surface area contributed by atoms with Crippen LogP contribution in [-0.4, -0.2) is 73.5 Å². The van der Waals surface area contributed by atoms with Crippen molar-refractivity contribution in [1.29, 1.82) is 0 Å². The van der Waals surface area contributed by atoms with Crippen molar-refractivity contribution in [1.82, 2.24) is 15.1 Å². The molecule has 1 aromatic carbocycles. The molecule has 0 N–H and O–H groups in total. The number of halogens is 2. The fraction of sp³-hybridized carbons (Fsp3) is 0.421. The highest BCUT2D eigenvalue weighted by molar-refractivity contribution is 5.94. The molecular formula is C19H21F2N5O2. The van der Waals surface area contributed by atoms with E-state index < -0.39 is 11.6 Å². The topological polar surface area (TPSA) is 61.8 Å². The van der Waals surface area contributed by atoms with Gasteiger partial charge in [-0.05, 0) is 18.2 Å². The number of rotatable bonds is 3. The minimum absolute atomic E-state index is 0.160. The monoisotopic (exact) mass is 389 g/mol. The van der Waals surface area contributed by atoms with Crippen LogP contribution < -0.4 is 9.80 Å². The highest BCUT2D eigenvalue weighted by Crippen LogP contribution is 2.21. The van der Waals surface area contributed by atoms with Crippen molar-refractivity contribution in [2.24, 2.45) is 0 Å². The second kappa shape index (κ2) is 8.05. The van der Waals surface area contributed by atoms with Crippen LogP contribution in [0.25, 0.3) is 0 Å². The van der Waals surface area contributed by atoms with Crippen molar-refractivity contribution < 1.29 is 18.3 Å². The standard InChI is InChI=1S/C19H21F2N5O2/c20-16-2-1-14(11-17(16)21)19(27)26-5-3-24(4-6-26)15-12-18(23-22-13-15)25-7-9-28-10-8-25/h1-2,11-13H,3-10H2. The number of piperazine rings is 1. The van der Waals surface area contributed by atoms with Crippen LogP contribution in [0.15, 0.2) is 30.5 Å². The average Bonchev–Trinajstić information content (AvgIpc) is 2.76. The summed E-state index contributed by atoms with van der Waals surface area (Å²) < 4.78 is 31.9. The maximum absolute atomic E-state index is 13.4. The number of anilines is 2. The van der Waals surface area contributed by atoms with Gasteiger partial charge in [0.25, 0.3) is 5.91 Å². The summed E-state index contributed by atoms with van der Waals surface area (Å²) in [6.45, 7) is 5.17. The number of ether oxygens (including phenoxy) is 1. The lowest BCUT2D eigenvalue weighted by molar-refractivity contribution is 0.0746. The van der Waals surface area contributed by atoms with E-state index in [1.807, 2.05) is 6.07 Å². The van der Waals surface area contributed by atoms with Gasteiger partial charge < -0.3 is 19.4 Å². The largest absolute Gasteiger partial charge is 0.378 e. The van der Waals surface area contributed by atoms with Gasteiger partial charge in [0, 0.05) is 50.9 Å². The summed E-state index contributed by atoms with van der Waals surface area (Å²) in [4.78, 5) is 18.5. The Morgan fingerprint density at radius 2 is 1.68 bits per heavy atom. The van der Waals surface area contributed by atoms with Gasteiger partial charge in [-0.1, -0.05) is 0 Å². The summed E-state index contributed by atoms with van der Waals surface area (Å²) in [5, 5.41) is 8.34. The molecule has 0 spiro atoms. The fourth-order valence-electron chi connectivity index (χ4n) is 3.44. The second-order valence-electron chi connectivity index (χ2n) is 6.78. The van der Waals surface area contributed by atoms with E-state index in [-0.39, 0.29) is 11.5 Å². The Hall–Kier alpha value is -2.81. The Labute approximate surface area is 161 Å². The van der Waals surface area contributed by atoms with Gasteiger partial charge in [0.05, 0.1) is 25.1 Å². The Balaban J connectivity index is 1.40. The minimum Gasteiger partial charge on any atom is -0.378 e. The molecule has 3 heterocycles. The molecule has 0 bridgehead atoms. The van der Waals surface area contributed by atoms with E-state index >= 15 is 0 Å². The lowest BCUT2D eigenvalue weighted by Crippen LogP contribution is -2.49. The van der Waals surface area contributed by atoms with E-state index in [2.05, 4.69) is 20.0 Å². The molecule has 148 valence electrons. The first kappa shape index (κ1) is 18.5. The molecule has 2 fully saturated rings. The number of carbonyl (C=O) groups is 1. The first-order valence-corrected chi connectivity index (χ1v) is 9.26. The summed E-state index contributed by atoms with van der Waals surface area (Å²) in [5.41, 5.74) is 1.11. The van der Waals surface area contributed by atoms with Crippen LogP contribution in [0.3, 0.4) is 0 Å². The van der Waals surface area contributed by atoms with Crippen molar-refractivity contribution in [3.8, 4) is 0 Å². The maximum atomic E-state index is 13.4. The smallest absolute Gasteiger partial charge is 0.254 e. The van der Waals surface area contributed by atoms with E-state index in [0.29, 0.717) is 39.4 Å². The molecule has 0 atom stereocenters. The normalized spacial score (nSPS) is 17.7. The molecule has 2 aliphatic rings. The van der Waals surface area contributed by atoms with Gasteiger partial charge in [-0.3, -0.25) is 4.79 Å². The predicted molar refractivity (Wildman–Crippen MR) is 99.5 cm³/mol. The van der Waals surface area contributed by atoms with Crippen LogP contribution in [0.1, 0.15) is 10.4 Å². The molecule has 9 heteroatoms. The molecule has 2 aromatic rings. The number of nitrogens with zero attached hydrogens (tertiary/aromatic N) is 5. The molecule has 1 aromatic heterocycles. The molecule has 0 unspecified atom stereocenters. The molecule has 4 rings (SSSR count). The lowest BCUT2D eigenvalue weighted by atomic mass is 10.1. The van der Waals surface area contributed by atoms with Crippen molar-refractivity contribution in [3.63, 3.8) is 0 Å². The average molecular weight is 389 g/mol. The first-order valence-electron chi connectivity index (χ1n) is 9.26. The number of aromatic nitrogens is 2. The van der Waals surface area contributed by atoms with Gasteiger partial charge in [-0.15, -0.1) is 5.10 Å². The van der Waals surface area contributed by atoms with Gasteiger partial charge in [-0.2, -0.15) is 5.10 Å². The molecule has 28 heavy (non-hydrogen) atoms. The number of carbonyl (C=O) groups excluding carboxylic acids is 1. The predicted octanol–water partition coefficient (Wildman–Crippen LogP) is 1.55. The lowest BCUT2D eigenvalue weighted by Gasteiger charge is -2.36. The maximum Gasteiger partial charge on any atom is 0.254 e. The summed E-state index contributed by atoms with van der Waals surface area (Å²) in [6, 6.07) is 5.25. The number of benzene rings is 1. The van der Waals surface area contributed by atoms with Gasteiger partial charge in [-0.25, -0.2) is 8.78 Å². The second-order valence-corrected chi connectivity index (χ2v) is 6.78. The zero-order valence-electron chi connectivity index (χ0n) is 15.4. The van der Waals surface area contributed by atoms with Crippen molar-refractivity contribution in [2.75, 3.05) is 62.3 Å². The molecular weight excluding hydrogens is 368 g/mol. The van der Waals surface area contributed by atoms with Crippen LogP contribution in [0.2, 0.25) is 0 Å². The molecule has 0 radical (unpaired) electrons. The van der Waals surface area contributed by atoms with Crippen LogP contribution in [-0.2, 0) is 4.74 Å². The minimum atomic E-state index is -1.01. The van der Waals surface area contributed by atoms with Crippen LogP contribution in [0, 0.1) is 11.6 Å². The third kappa shape index (κ3) is 3.89. The molecule has 0 saturated carbocycles. The van der Waals surface area contributed by atoms with Crippen LogP contribution >= 0.6 is 0 Å².